The summed E-state index contributed by atoms with van der Waals surface area (Å²) in [4.78, 5) is 12.8. The van der Waals surface area contributed by atoms with Gasteiger partial charge >= 0.3 is 0 Å². The molecule has 1 aliphatic heterocycles. The molecule has 3 rings (SSSR count). The predicted octanol–water partition coefficient (Wildman–Crippen LogP) is 4.04. The van der Waals surface area contributed by atoms with Crippen molar-refractivity contribution >= 4 is 15.9 Å². The lowest BCUT2D eigenvalue weighted by Crippen LogP contribution is -2.45. The highest BCUT2D eigenvalue weighted by molar-refractivity contribution is 7.89. The second kappa shape index (κ2) is 9.58. The first kappa shape index (κ1) is 24.2. The topological polar surface area (TPSA) is 75.7 Å². The molecule has 1 aliphatic rings. The number of methoxy groups -OCH3 is 1. The number of carbonyl (C=O) groups excluding carboxylic acids is 1. The number of sulfonamides is 1. The highest BCUT2D eigenvalue weighted by Crippen LogP contribution is 2.31. The summed E-state index contributed by atoms with van der Waals surface area (Å²) in [6, 6.07) is 7.40. The van der Waals surface area contributed by atoms with E-state index in [2.05, 4.69) is 24.4 Å². The van der Waals surface area contributed by atoms with Gasteiger partial charge in [0.1, 0.15) is 16.5 Å². The minimum Gasteiger partial charge on any atom is -0.495 e. The number of benzene rings is 2. The maximum atomic E-state index is 13.8. The van der Waals surface area contributed by atoms with Crippen LogP contribution in [0.4, 0.5) is 4.39 Å². The zero-order chi connectivity index (χ0) is 23.6. The van der Waals surface area contributed by atoms with Gasteiger partial charge in [0.15, 0.2) is 0 Å². The number of amides is 1. The molecule has 0 aromatic heterocycles. The fourth-order valence-corrected chi connectivity index (χ4v) is 5.92. The summed E-state index contributed by atoms with van der Waals surface area (Å²) in [5.74, 6) is -1.24. The molecule has 0 aliphatic carbocycles. The van der Waals surface area contributed by atoms with Crippen LogP contribution in [0, 0.1) is 32.5 Å². The van der Waals surface area contributed by atoms with Gasteiger partial charge < -0.3 is 10.1 Å². The molecule has 6 nitrogen and oxygen atoms in total. The Morgan fingerprint density at radius 2 is 1.84 bits per heavy atom. The van der Waals surface area contributed by atoms with Crippen LogP contribution in [0.25, 0.3) is 0 Å². The summed E-state index contributed by atoms with van der Waals surface area (Å²) >= 11 is 0. The average Bonchev–Trinajstić information content (AvgIpc) is 2.76. The zero-order valence-electron chi connectivity index (χ0n) is 19.2. The minimum absolute atomic E-state index is 0.0481. The first-order chi connectivity index (χ1) is 15.0. The van der Waals surface area contributed by atoms with Gasteiger partial charge in [-0.2, -0.15) is 4.31 Å². The molecule has 1 amide bonds. The molecule has 1 N–H and O–H groups in total. The standard InChI is InChI=1S/C24H31FN2O4S/c1-15-11-17(3)21(12-16(15)2)18(4)26-24(28)19-7-6-10-27(14-19)32(29,30)23-13-20(25)8-9-22(23)31-5/h8-9,11-13,18-19H,6-7,10,14H2,1-5H3,(H,26,28)/t18-,19+/m0/s1. The van der Waals surface area contributed by atoms with Gasteiger partial charge in [-0.05, 0) is 81.0 Å². The van der Waals surface area contributed by atoms with Crippen LogP contribution in [0.3, 0.4) is 0 Å². The lowest BCUT2D eigenvalue weighted by molar-refractivity contribution is -0.126. The highest BCUT2D eigenvalue weighted by Gasteiger charge is 2.35. The van der Waals surface area contributed by atoms with E-state index in [9.17, 15) is 17.6 Å². The summed E-state index contributed by atoms with van der Waals surface area (Å²) in [6.07, 6.45) is 1.14. The molecule has 8 heteroatoms. The number of ether oxygens (including phenoxy) is 1. The molecule has 0 unspecified atom stereocenters. The largest absolute Gasteiger partial charge is 0.495 e. The van der Waals surface area contributed by atoms with Crippen molar-refractivity contribution in [1.29, 1.82) is 0 Å². The van der Waals surface area contributed by atoms with Crippen LogP contribution >= 0.6 is 0 Å². The molecular formula is C24H31FN2O4S. The van der Waals surface area contributed by atoms with Crippen LogP contribution < -0.4 is 10.1 Å². The molecule has 1 heterocycles. The van der Waals surface area contributed by atoms with Crippen LogP contribution in [0.1, 0.15) is 48.1 Å². The molecule has 0 saturated carbocycles. The van der Waals surface area contributed by atoms with Crippen molar-refractivity contribution in [2.24, 2.45) is 5.92 Å². The number of rotatable bonds is 6. The van der Waals surface area contributed by atoms with E-state index in [1.807, 2.05) is 20.8 Å². The van der Waals surface area contributed by atoms with E-state index in [-0.39, 0.29) is 35.7 Å². The molecule has 1 fully saturated rings. The smallest absolute Gasteiger partial charge is 0.246 e. The molecule has 32 heavy (non-hydrogen) atoms. The molecule has 1 saturated heterocycles. The van der Waals surface area contributed by atoms with Crippen LogP contribution in [0.5, 0.6) is 5.75 Å². The van der Waals surface area contributed by atoms with Gasteiger partial charge in [-0.25, -0.2) is 12.8 Å². The number of hydrogen-bond donors (Lipinski definition) is 1. The maximum Gasteiger partial charge on any atom is 0.246 e. The number of aryl methyl sites for hydroxylation is 3. The van der Waals surface area contributed by atoms with Crippen LogP contribution in [0.2, 0.25) is 0 Å². The number of piperidine rings is 1. The van der Waals surface area contributed by atoms with E-state index < -0.39 is 21.8 Å². The summed E-state index contributed by atoms with van der Waals surface area (Å²) in [6.45, 7) is 8.37. The molecule has 0 radical (unpaired) electrons. The van der Waals surface area contributed by atoms with Gasteiger partial charge in [0.05, 0.1) is 19.1 Å². The first-order valence-electron chi connectivity index (χ1n) is 10.8. The van der Waals surface area contributed by atoms with Crippen molar-refractivity contribution in [3.8, 4) is 5.75 Å². The van der Waals surface area contributed by atoms with Gasteiger partial charge in [0.2, 0.25) is 15.9 Å². The van der Waals surface area contributed by atoms with E-state index in [4.69, 9.17) is 4.74 Å². The Labute approximate surface area is 189 Å². The van der Waals surface area contributed by atoms with Crippen molar-refractivity contribution in [2.75, 3.05) is 20.2 Å². The lowest BCUT2D eigenvalue weighted by Gasteiger charge is -2.32. The summed E-state index contributed by atoms with van der Waals surface area (Å²) in [7, 11) is -2.66. The van der Waals surface area contributed by atoms with Crippen LogP contribution in [-0.2, 0) is 14.8 Å². The van der Waals surface area contributed by atoms with Gasteiger partial charge in [0.25, 0.3) is 0 Å². The van der Waals surface area contributed by atoms with E-state index >= 15 is 0 Å². The molecule has 174 valence electrons. The Morgan fingerprint density at radius 1 is 1.16 bits per heavy atom. The third kappa shape index (κ3) is 4.96. The summed E-state index contributed by atoms with van der Waals surface area (Å²) in [5, 5.41) is 3.05. The van der Waals surface area contributed by atoms with Crippen molar-refractivity contribution < 1.29 is 22.3 Å². The highest BCUT2D eigenvalue weighted by atomic mass is 32.2. The average molecular weight is 463 g/mol. The third-order valence-electron chi connectivity index (χ3n) is 6.21. The van der Waals surface area contributed by atoms with Crippen LogP contribution in [-0.4, -0.2) is 38.8 Å². The minimum atomic E-state index is -4.00. The Hall–Kier alpha value is -2.45. The molecule has 2 aromatic carbocycles. The number of hydrogen-bond acceptors (Lipinski definition) is 4. The fourth-order valence-electron chi connectivity index (χ4n) is 4.22. The zero-order valence-corrected chi connectivity index (χ0v) is 20.1. The first-order valence-corrected chi connectivity index (χ1v) is 12.2. The molecule has 2 atom stereocenters. The van der Waals surface area contributed by atoms with E-state index in [1.54, 1.807) is 0 Å². The third-order valence-corrected chi connectivity index (χ3v) is 8.09. The normalized spacial score (nSPS) is 18.2. The van der Waals surface area contributed by atoms with E-state index in [0.717, 1.165) is 28.8 Å². The number of nitrogens with zero attached hydrogens (tertiary/aromatic N) is 1. The van der Waals surface area contributed by atoms with E-state index in [1.165, 1.54) is 23.0 Å². The Morgan fingerprint density at radius 3 is 2.53 bits per heavy atom. The lowest BCUT2D eigenvalue weighted by atomic mass is 9.95. The predicted molar refractivity (Wildman–Crippen MR) is 122 cm³/mol. The van der Waals surface area contributed by atoms with Crippen molar-refractivity contribution in [3.05, 3.63) is 58.4 Å². The number of carbonyl (C=O) groups is 1. The van der Waals surface area contributed by atoms with E-state index in [0.29, 0.717) is 12.8 Å². The van der Waals surface area contributed by atoms with Crippen molar-refractivity contribution in [3.63, 3.8) is 0 Å². The Bertz CT molecular complexity index is 1120. The Kier molecular flexibility index (Phi) is 7.25. The second-order valence-electron chi connectivity index (χ2n) is 8.52. The molecular weight excluding hydrogens is 431 g/mol. The Balaban J connectivity index is 1.76. The SMILES string of the molecule is COc1ccc(F)cc1S(=O)(=O)N1CCC[C@@H](C(=O)N[C@@H](C)c2cc(C)c(C)cc2C)C1. The second-order valence-corrected chi connectivity index (χ2v) is 10.4. The van der Waals surface area contributed by atoms with Crippen LogP contribution in [0.15, 0.2) is 35.2 Å². The number of halogens is 1. The molecule has 0 spiro atoms. The fraction of sp³-hybridized carbons (Fsp3) is 0.458. The van der Waals surface area contributed by atoms with Gasteiger partial charge in [-0.1, -0.05) is 12.1 Å². The van der Waals surface area contributed by atoms with Gasteiger partial charge in [0, 0.05) is 13.1 Å². The monoisotopic (exact) mass is 462 g/mol. The molecule has 2 aromatic rings. The van der Waals surface area contributed by atoms with Crippen molar-refractivity contribution in [1.82, 2.24) is 9.62 Å². The number of nitrogens with one attached hydrogen (secondary N) is 1. The van der Waals surface area contributed by atoms with Gasteiger partial charge in [-0.3, -0.25) is 4.79 Å². The maximum absolute atomic E-state index is 13.8. The summed E-state index contributed by atoms with van der Waals surface area (Å²) < 4.78 is 46.5. The summed E-state index contributed by atoms with van der Waals surface area (Å²) in [5.41, 5.74) is 4.51. The van der Waals surface area contributed by atoms with Crippen molar-refractivity contribution in [2.45, 2.75) is 51.5 Å². The van der Waals surface area contributed by atoms with Gasteiger partial charge in [-0.15, -0.1) is 0 Å². The molecule has 0 bridgehead atoms. The quantitative estimate of drug-likeness (QED) is 0.703.